The third-order valence-electron chi connectivity index (χ3n) is 9.24. The lowest BCUT2D eigenvalue weighted by molar-refractivity contribution is 0.426. The van der Waals surface area contributed by atoms with Gasteiger partial charge in [0.2, 0.25) is 0 Å². The average Bonchev–Trinajstić information content (AvgIpc) is 3.44. The van der Waals surface area contributed by atoms with E-state index < -0.39 is 12.5 Å². The number of nitrogens with zero attached hydrogens (tertiary/aromatic N) is 2. The van der Waals surface area contributed by atoms with E-state index in [2.05, 4.69) is 137 Å². The van der Waals surface area contributed by atoms with E-state index in [9.17, 15) is 10.0 Å². The second kappa shape index (κ2) is 11.9. The highest BCUT2D eigenvalue weighted by Crippen LogP contribution is 2.57. The van der Waals surface area contributed by atoms with Crippen LogP contribution < -0.4 is 10.4 Å². The Hall–Kier alpha value is -5.75. The molecule has 1 aromatic heterocycles. The van der Waals surface area contributed by atoms with Crippen LogP contribution in [0, 0.1) is 0 Å². The normalized spacial score (nSPS) is 12.6. The van der Waals surface area contributed by atoms with Crippen molar-refractivity contribution in [3.8, 4) is 22.4 Å². The van der Waals surface area contributed by atoms with Gasteiger partial charge >= 0.3 is 7.12 Å². The van der Waals surface area contributed by atoms with Crippen LogP contribution >= 0.6 is 0 Å². The zero-order valence-corrected chi connectivity index (χ0v) is 25.6. The third kappa shape index (κ3) is 4.85. The van der Waals surface area contributed by atoms with Crippen LogP contribution in [0.25, 0.3) is 22.4 Å². The van der Waals surface area contributed by atoms with E-state index in [1.807, 2.05) is 30.3 Å². The Morgan fingerprint density at radius 1 is 0.489 bits per heavy atom. The van der Waals surface area contributed by atoms with E-state index in [0.717, 1.165) is 28.3 Å². The van der Waals surface area contributed by atoms with Gasteiger partial charge in [-0.15, -0.1) is 0 Å². The van der Waals surface area contributed by atoms with Gasteiger partial charge in [-0.2, -0.15) is 0 Å². The van der Waals surface area contributed by atoms with Gasteiger partial charge < -0.3 is 14.9 Å². The largest absolute Gasteiger partial charge is 0.488 e. The molecule has 4 nitrogen and oxygen atoms in total. The highest BCUT2D eigenvalue weighted by Gasteiger charge is 2.46. The van der Waals surface area contributed by atoms with Crippen LogP contribution in [0.4, 0.5) is 17.1 Å². The predicted octanol–water partition coefficient (Wildman–Crippen LogP) is 8.26. The molecule has 0 aliphatic heterocycles. The van der Waals surface area contributed by atoms with Crippen molar-refractivity contribution in [2.75, 3.05) is 4.90 Å². The Bertz CT molecular complexity index is 2110. The van der Waals surface area contributed by atoms with Gasteiger partial charge in [-0.05, 0) is 87.4 Å². The summed E-state index contributed by atoms with van der Waals surface area (Å²) in [6.07, 6.45) is 1.81. The smallest absolute Gasteiger partial charge is 0.423 e. The van der Waals surface area contributed by atoms with Gasteiger partial charge in [0.15, 0.2) is 0 Å². The molecule has 0 bridgehead atoms. The van der Waals surface area contributed by atoms with E-state index in [4.69, 9.17) is 0 Å². The molecule has 0 spiro atoms. The van der Waals surface area contributed by atoms with Gasteiger partial charge in [0.25, 0.3) is 0 Å². The Labute approximate surface area is 275 Å². The lowest BCUT2D eigenvalue weighted by Gasteiger charge is -2.35. The summed E-state index contributed by atoms with van der Waals surface area (Å²) in [5.74, 6) is 0. The molecule has 5 heteroatoms. The van der Waals surface area contributed by atoms with E-state index in [1.165, 1.54) is 33.4 Å². The number of hydrogen-bond donors (Lipinski definition) is 2. The van der Waals surface area contributed by atoms with Crippen molar-refractivity contribution in [2.24, 2.45) is 0 Å². The molecule has 0 fully saturated rings. The predicted molar refractivity (Wildman–Crippen MR) is 191 cm³/mol. The first-order valence-corrected chi connectivity index (χ1v) is 15.8. The molecule has 6 aromatic carbocycles. The zero-order valence-electron chi connectivity index (χ0n) is 25.6. The minimum Gasteiger partial charge on any atom is -0.423 e. The molecule has 0 radical (unpaired) electrons. The fraction of sp³-hybridized carbons (Fsp3) is 0.0238. The summed E-state index contributed by atoms with van der Waals surface area (Å²) >= 11 is 0. The van der Waals surface area contributed by atoms with Crippen molar-refractivity contribution in [1.29, 1.82) is 0 Å². The lowest BCUT2D eigenvalue weighted by atomic mass is 9.67. The number of aromatic nitrogens is 1. The number of pyridine rings is 1. The maximum absolute atomic E-state index is 9.83. The molecule has 0 amide bonds. The molecule has 1 heterocycles. The Balaban J connectivity index is 1.36. The first-order valence-electron chi connectivity index (χ1n) is 15.8. The fourth-order valence-electron chi connectivity index (χ4n) is 7.13. The van der Waals surface area contributed by atoms with Crippen molar-refractivity contribution in [3.05, 3.63) is 198 Å². The molecule has 1 aliphatic rings. The molecule has 2 N–H and O–H groups in total. The summed E-state index contributed by atoms with van der Waals surface area (Å²) in [5.41, 5.74) is 12.1. The minimum absolute atomic E-state index is 0.441. The third-order valence-corrected chi connectivity index (χ3v) is 9.24. The standard InChI is InChI=1S/C42H31BN2O2/c46-43(47)33-20-24-35(25-21-33)45(34-22-18-30(19-23-34)41-17-9-10-28-44-41)36-26-27-38-37-15-7-8-16-39(37)42(40(38)29-36,31-11-3-1-4-12-31)32-13-5-2-6-14-32/h1-29,46-47H. The summed E-state index contributed by atoms with van der Waals surface area (Å²) in [4.78, 5) is 6.76. The fourth-order valence-corrected chi connectivity index (χ4v) is 7.13. The molecule has 1 aliphatic carbocycles. The molecule has 0 saturated heterocycles. The summed E-state index contributed by atoms with van der Waals surface area (Å²) < 4.78 is 0. The molecular formula is C42H31BN2O2. The minimum atomic E-state index is -1.54. The Kier molecular flexibility index (Phi) is 7.26. The first-order chi connectivity index (χ1) is 23.1. The topological polar surface area (TPSA) is 56.6 Å². The zero-order chi connectivity index (χ0) is 31.8. The molecule has 47 heavy (non-hydrogen) atoms. The van der Waals surface area contributed by atoms with Crippen molar-refractivity contribution in [2.45, 2.75) is 5.41 Å². The summed E-state index contributed by atoms with van der Waals surface area (Å²) in [5, 5.41) is 19.7. The van der Waals surface area contributed by atoms with Gasteiger partial charge in [-0.25, -0.2) is 0 Å². The van der Waals surface area contributed by atoms with Crippen LogP contribution in [0.3, 0.4) is 0 Å². The SMILES string of the molecule is OB(O)c1ccc(N(c2ccc(-c3ccccn3)cc2)c2ccc3c(c2)C(c2ccccc2)(c2ccccc2)c2ccccc2-3)cc1. The van der Waals surface area contributed by atoms with Crippen molar-refractivity contribution in [1.82, 2.24) is 4.98 Å². The number of benzene rings is 6. The summed E-state index contributed by atoms with van der Waals surface area (Å²) in [6, 6.07) is 58.8. The van der Waals surface area contributed by atoms with Crippen LogP contribution in [0.5, 0.6) is 0 Å². The summed E-state index contributed by atoms with van der Waals surface area (Å²) in [6.45, 7) is 0. The average molecular weight is 607 g/mol. The molecule has 7 aromatic rings. The highest BCUT2D eigenvalue weighted by molar-refractivity contribution is 6.58. The van der Waals surface area contributed by atoms with Crippen LogP contribution in [-0.4, -0.2) is 22.2 Å². The van der Waals surface area contributed by atoms with Gasteiger partial charge in [-0.1, -0.05) is 121 Å². The van der Waals surface area contributed by atoms with E-state index in [0.29, 0.717) is 5.46 Å². The van der Waals surface area contributed by atoms with E-state index in [-0.39, 0.29) is 0 Å². The quantitative estimate of drug-likeness (QED) is 0.180. The molecular weight excluding hydrogens is 575 g/mol. The number of fused-ring (bicyclic) bond motifs is 3. The molecule has 0 unspecified atom stereocenters. The van der Waals surface area contributed by atoms with Crippen molar-refractivity contribution < 1.29 is 10.0 Å². The van der Waals surface area contributed by atoms with Crippen LogP contribution in [-0.2, 0) is 5.41 Å². The van der Waals surface area contributed by atoms with Gasteiger partial charge in [-0.3, -0.25) is 4.98 Å². The molecule has 224 valence electrons. The maximum Gasteiger partial charge on any atom is 0.488 e. The van der Waals surface area contributed by atoms with E-state index in [1.54, 1.807) is 18.3 Å². The van der Waals surface area contributed by atoms with E-state index >= 15 is 0 Å². The molecule has 8 rings (SSSR count). The van der Waals surface area contributed by atoms with Crippen LogP contribution in [0.2, 0.25) is 0 Å². The van der Waals surface area contributed by atoms with Crippen LogP contribution in [0.1, 0.15) is 22.3 Å². The van der Waals surface area contributed by atoms with Gasteiger partial charge in [0.1, 0.15) is 0 Å². The van der Waals surface area contributed by atoms with Crippen LogP contribution in [0.15, 0.2) is 176 Å². The van der Waals surface area contributed by atoms with Gasteiger partial charge in [0.05, 0.1) is 11.1 Å². The highest BCUT2D eigenvalue weighted by atomic mass is 16.4. The van der Waals surface area contributed by atoms with Crippen molar-refractivity contribution >= 4 is 29.6 Å². The number of hydrogen-bond acceptors (Lipinski definition) is 4. The second-order valence-corrected chi connectivity index (χ2v) is 11.8. The number of anilines is 3. The molecule has 0 atom stereocenters. The molecule has 0 saturated carbocycles. The first kappa shape index (κ1) is 28.7. The Morgan fingerprint density at radius 3 is 1.66 bits per heavy atom. The summed E-state index contributed by atoms with van der Waals surface area (Å²) in [7, 11) is -1.54. The Morgan fingerprint density at radius 2 is 1.04 bits per heavy atom. The van der Waals surface area contributed by atoms with Gasteiger partial charge in [0, 0.05) is 28.8 Å². The lowest BCUT2D eigenvalue weighted by Crippen LogP contribution is -2.29. The monoisotopic (exact) mass is 606 g/mol. The number of rotatable bonds is 7. The van der Waals surface area contributed by atoms with Crippen molar-refractivity contribution in [3.63, 3.8) is 0 Å². The maximum atomic E-state index is 9.83. The second-order valence-electron chi connectivity index (χ2n) is 11.8.